The molecule has 1 atom stereocenters. The standard InChI is InChI=1S/C8H10N.C4H9O.C2H5.Sn/c1-7(9)8-5-3-2-4-6-8;1-2-3-4-5;1-2;/h2-5,7H,9H2,1H3;2-4H2,1H3;1H2,2H3;/q;-1;;+1. The Morgan fingerprint density at radius 3 is 2.59 bits per heavy atom. The zero-order valence-electron chi connectivity index (χ0n) is 11.2. The quantitative estimate of drug-likeness (QED) is 0.612. The molecule has 0 aromatic heterocycles. The molecule has 3 heteroatoms. The van der Waals surface area contributed by atoms with Gasteiger partial charge in [-0.2, -0.15) is 0 Å². The van der Waals surface area contributed by atoms with E-state index in [0.717, 1.165) is 6.61 Å². The van der Waals surface area contributed by atoms with Crippen LogP contribution >= 0.6 is 0 Å². The van der Waals surface area contributed by atoms with Gasteiger partial charge in [0.25, 0.3) is 0 Å². The fourth-order valence-electron chi connectivity index (χ4n) is 1.86. The third-order valence-corrected chi connectivity index (χ3v) is 9.27. The molecule has 1 rings (SSSR count). The summed E-state index contributed by atoms with van der Waals surface area (Å²) >= 11 is -1.89. The third kappa shape index (κ3) is 4.60. The van der Waals surface area contributed by atoms with Gasteiger partial charge < -0.3 is 0 Å². The van der Waals surface area contributed by atoms with Crippen molar-refractivity contribution in [3.8, 4) is 0 Å². The maximum atomic E-state index is 6.15. The SMILES string of the molecule is CCCC[O][Sn]([CH2]C)[c]1ccccc1C(C)N. The average Bonchev–Trinajstić information content (AvgIpc) is 2.35. The van der Waals surface area contributed by atoms with Gasteiger partial charge in [0.15, 0.2) is 0 Å². The molecule has 0 saturated heterocycles. The first-order valence-corrected chi connectivity index (χ1v) is 11.1. The summed E-state index contributed by atoms with van der Waals surface area (Å²) in [6.45, 7) is 7.43. The first-order chi connectivity index (χ1) is 8.20. The molecule has 2 N–H and O–H groups in total. The Hall–Kier alpha value is -0.0613. The fraction of sp³-hybridized carbons (Fsp3) is 0.571. The van der Waals surface area contributed by atoms with Crippen molar-refractivity contribution >= 4 is 23.8 Å². The number of hydrogen-bond donors (Lipinski definition) is 1. The molecule has 17 heavy (non-hydrogen) atoms. The average molecular weight is 341 g/mol. The van der Waals surface area contributed by atoms with Gasteiger partial charge in [-0.15, -0.1) is 0 Å². The van der Waals surface area contributed by atoms with E-state index in [1.807, 2.05) is 0 Å². The maximum absolute atomic E-state index is 6.15. The Bertz CT molecular complexity index is 328. The van der Waals surface area contributed by atoms with Crippen LogP contribution in [0.4, 0.5) is 0 Å². The molecular weight excluding hydrogens is 317 g/mol. The van der Waals surface area contributed by atoms with Gasteiger partial charge in [-0.05, 0) is 0 Å². The summed E-state index contributed by atoms with van der Waals surface area (Å²) in [6, 6.07) is 8.68. The molecule has 0 amide bonds. The monoisotopic (exact) mass is 342 g/mol. The molecule has 0 heterocycles. The van der Waals surface area contributed by atoms with Gasteiger partial charge in [-0.1, -0.05) is 0 Å². The van der Waals surface area contributed by atoms with Crippen LogP contribution in [0.3, 0.4) is 0 Å². The molecule has 1 unspecified atom stereocenters. The molecule has 0 aliphatic rings. The molecule has 0 aliphatic heterocycles. The van der Waals surface area contributed by atoms with E-state index in [2.05, 4.69) is 45.0 Å². The zero-order valence-corrected chi connectivity index (χ0v) is 14.1. The second-order valence-corrected chi connectivity index (χ2v) is 11.1. The van der Waals surface area contributed by atoms with Crippen LogP contribution in [0.25, 0.3) is 0 Å². The predicted octanol–water partition coefficient (Wildman–Crippen LogP) is 2.74. The van der Waals surface area contributed by atoms with E-state index in [0.29, 0.717) is 0 Å². The third-order valence-electron chi connectivity index (χ3n) is 2.85. The fourth-order valence-corrected chi connectivity index (χ4v) is 7.70. The molecular formula is C14H24NOSn. The number of unbranched alkanes of at least 4 members (excludes halogenated alkanes) is 1. The van der Waals surface area contributed by atoms with Gasteiger partial charge in [0.05, 0.1) is 0 Å². The Morgan fingerprint density at radius 1 is 1.29 bits per heavy atom. The van der Waals surface area contributed by atoms with E-state index < -0.39 is 20.2 Å². The van der Waals surface area contributed by atoms with Gasteiger partial charge in [0.2, 0.25) is 0 Å². The first-order valence-electron chi connectivity index (χ1n) is 6.54. The second-order valence-electron chi connectivity index (χ2n) is 4.35. The zero-order chi connectivity index (χ0) is 12.7. The van der Waals surface area contributed by atoms with Gasteiger partial charge in [-0.25, -0.2) is 0 Å². The van der Waals surface area contributed by atoms with Crippen LogP contribution in [-0.4, -0.2) is 26.8 Å². The van der Waals surface area contributed by atoms with Crippen LogP contribution < -0.4 is 9.31 Å². The minimum atomic E-state index is -1.89. The summed E-state index contributed by atoms with van der Waals surface area (Å²) in [5, 5.41) is 0. The summed E-state index contributed by atoms with van der Waals surface area (Å²) < 4.78 is 8.79. The van der Waals surface area contributed by atoms with Crippen molar-refractivity contribution in [2.24, 2.45) is 5.73 Å². The Kier molecular flexibility index (Phi) is 7.16. The molecule has 95 valence electrons. The molecule has 1 aromatic rings. The van der Waals surface area contributed by atoms with Gasteiger partial charge in [0, 0.05) is 0 Å². The van der Waals surface area contributed by atoms with Crippen molar-refractivity contribution < 1.29 is 3.07 Å². The van der Waals surface area contributed by atoms with Crippen LogP contribution in [0.15, 0.2) is 24.3 Å². The normalized spacial score (nSPS) is 13.0. The van der Waals surface area contributed by atoms with E-state index in [9.17, 15) is 0 Å². The first kappa shape index (κ1) is 15.0. The van der Waals surface area contributed by atoms with E-state index in [1.165, 1.54) is 26.4 Å². The number of nitrogens with two attached hydrogens (primary N) is 1. The van der Waals surface area contributed by atoms with Gasteiger partial charge in [-0.3, -0.25) is 0 Å². The van der Waals surface area contributed by atoms with Crippen LogP contribution in [0.2, 0.25) is 4.44 Å². The summed E-state index contributed by atoms with van der Waals surface area (Å²) in [4.78, 5) is 0. The second kappa shape index (κ2) is 8.11. The van der Waals surface area contributed by atoms with Crippen molar-refractivity contribution in [1.29, 1.82) is 0 Å². The molecule has 0 fully saturated rings. The van der Waals surface area contributed by atoms with Crippen LogP contribution in [0.5, 0.6) is 0 Å². The number of benzene rings is 1. The van der Waals surface area contributed by atoms with Gasteiger partial charge >= 0.3 is 113 Å². The van der Waals surface area contributed by atoms with Crippen molar-refractivity contribution in [1.82, 2.24) is 0 Å². The molecule has 2 nitrogen and oxygen atoms in total. The minimum absolute atomic E-state index is 0.114. The molecule has 0 saturated carbocycles. The van der Waals surface area contributed by atoms with Crippen molar-refractivity contribution in [3.05, 3.63) is 29.8 Å². The summed E-state index contributed by atoms with van der Waals surface area (Å²) in [5.74, 6) is 0. The van der Waals surface area contributed by atoms with E-state index >= 15 is 0 Å². The van der Waals surface area contributed by atoms with Crippen molar-refractivity contribution in [2.75, 3.05) is 6.61 Å². The molecule has 0 bridgehead atoms. The molecule has 0 aliphatic carbocycles. The van der Waals surface area contributed by atoms with E-state index in [-0.39, 0.29) is 6.04 Å². The topological polar surface area (TPSA) is 35.2 Å². The Labute approximate surface area is 113 Å². The molecule has 1 aromatic carbocycles. The van der Waals surface area contributed by atoms with E-state index in [4.69, 9.17) is 8.81 Å². The molecule has 1 radical (unpaired) electrons. The summed E-state index contributed by atoms with van der Waals surface area (Å²) in [6.07, 6.45) is 2.37. The molecule has 0 spiro atoms. The van der Waals surface area contributed by atoms with Crippen molar-refractivity contribution in [3.63, 3.8) is 0 Å². The van der Waals surface area contributed by atoms with E-state index in [1.54, 1.807) is 0 Å². The number of rotatable bonds is 7. The Morgan fingerprint density at radius 2 is 2.00 bits per heavy atom. The van der Waals surface area contributed by atoms with Crippen LogP contribution in [0, 0.1) is 0 Å². The predicted molar refractivity (Wildman–Crippen MR) is 75.8 cm³/mol. The van der Waals surface area contributed by atoms with Gasteiger partial charge in [0.1, 0.15) is 0 Å². The summed E-state index contributed by atoms with van der Waals surface area (Å²) in [7, 11) is 0. The van der Waals surface area contributed by atoms with Crippen LogP contribution in [-0.2, 0) is 3.07 Å². The Balaban J connectivity index is 2.79. The summed E-state index contributed by atoms with van der Waals surface area (Å²) in [5.41, 5.74) is 7.33. The number of hydrogen-bond acceptors (Lipinski definition) is 2. The van der Waals surface area contributed by atoms with Crippen molar-refractivity contribution in [2.45, 2.75) is 44.1 Å². The van der Waals surface area contributed by atoms with Crippen LogP contribution in [0.1, 0.15) is 45.2 Å².